The summed E-state index contributed by atoms with van der Waals surface area (Å²) in [5, 5.41) is 5.76. The third-order valence-corrected chi connectivity index (χ3v) is 6.30. The van der Waals surface area contributed by atoms with Crippen LogP contribution >= 0.6 is 0 Å². The second-order valence-electron chi connectivity index (χ2n) is 8.37. The van der Waals surface area contributed by atoms with Gasteiger partial charge in [0.2, 0.25) is 5.91 Å². The van der Waals surface area contributed by atoms with Crippen LogP contribution in [0.3, 0.4) is 0 Å². The Morgan fingerprint density at radius 3 is 2.34 bits per heavy atom. The smallest absolute Gasteiger partial charge is 0.253 e. The molecule has 0 fully saturated rings. The zero-order chi connectivity index (χ0) is 25.0. The number of para-hydroxylation sites is 3. The summed E-state index contributed by atoms with van der Waals surface area (Å²) in [7, 11) is -3.36. The van der Waals surface area contributed by atoms with Gasteiger partial charge >= 0.3 is 0 Å². The fourth-order valence-electron chi connectivity index (χ4n) is 3.87. The SMILES string of the molecule is C[C@H](NC(=O)c1ccccc1NC(=O)Cn1c(CS(C)(=O)=O)nc2ccccc21)c1ccccc1. The van der Waals surface area contributed by atoms with E-state index in [4.69, 9.17) is 0 Å². The number of hydrogen-bond acceptors (Lipinski definition) is 5. The second kappa shape index (κ2) is 10.1. The third kappa shape index (κ3) is 5.93. The summed E-state index contributed by atoms with van der Waals surface area (Å²) in [6.45, 7) is 1.74. The molecule has 3 aromatic carbocycles. The number of nitrogens with zero attached hydrogens (tertiary/aromatic N) is 2. The van der Waals surface area contributed by atoms with E-state index in [9.17, 15) is 18.0 Å². The maximum absolute atomic E-state index is 13.0. The van der Waals surface area contributed by atoms with Crippen LogP contribution in [-0.2, 0) is 26.9 Å². The van der Waals surface area contributed by atoms with Crippen LogP contribution in [0.1, 0.15) is 34.7 Å². The molecule has 0 aliphatic heterocycles. The summed E-state index contributed by atoms with van der Waals surface area (Å²) in [5.74, 6) is -0.723. The molecular weight excluding hydrogens is 464 g/mol. The quantitative estimate of drug-likeness (QED) is 0.391. The van der Waals surface area contributed by atoms with Gasteiger partial charge in [-0.25, -0.2) is 13.4 Å². The van der Waals surface area contributed by atoms with E-state index >= 15 is 0 Å². The van der Waals surface area contributed by atoms with E-state index in [1.807, 2.05) is 37.3 Å². The summed E-state index contributed by atoms with van der Waals surface area (Å²) < 4.78 is 25.4. The van der Waals surface area contributed by atoms with Gasteiger partial charge in [-0.3, -0.25) is 9.59 Å². The van der Waals surface area contributed by atoms with Crippen LogP contribution in [0, 0.1) is 0 Å². The van der Waals surface area contributed by atoms with Crippen molar-refractivity contribution in [2.24, 2.45) is 0 Å². The molecule has 1 atom stereocenters. The number of amides is 2. The number of hydrogen-bond donors (Lipinski definition) is 2. The molecule has 1 heterocycles. The minimum atomic E-state index is -3.36. The number of nitrogens with one attached hydrogen (secondary N) is 2. The molecule has 2 N–H and O–H groups in total. The monoisotopic (exact) mass is 490 g/mol. The number of rotatable bonds is 8. The molecule has 0 saturated heterocycles. The lowest BCUT2D eigenvalue weighted by molar-refractivity contribution is -0.116. The predicted molar refractivity (Wildman–Crippen MR) is 136 cm³/mol. The first-order valence-corrected chi connectivity index (χ1v) is 13.1. The Balaban J connectivity index is 1.54. The molecule has 0 aliphatic rings. The summed E-state index contributed by atoms with van der Waals surface area (Å²) in [5.41, 5.74) is 2.92. The predicted octanol–water partition coefficient (Wildman–Crippen LogP) is 3.71. The Hall–Kier alpha value is -3.98. The first-order valence-electron chi connectivity index (χ1n) is 11.1. The summed E-state index contributed by atoms with van der Waals surface area (Å²) in [6, 6.07) is 23.3. The van der Waals surface area contributed by atoms with E-state index in [2.05, 4.69) is 15.6 Å². The number of aromatic nitrogens is 2. The fourth-order valence-corrected chi connectivity index (χ4v) is 4.56. The third-order valence-electron chi connectivity index (χ3n) is 5.52. The van der Waals surface area contributed by atoms with Crippen molar-refractivity contribution in [2.75, 3.05) is 11.6 Å². The lowest BCUT2D eigenvalue weighted by Gasteiger charge is -2.17. The van der Waals surface area contributed by atoms with Gasteiger partial charge < -0.3 is 15.2 Å². The highest BCUT2D eigenvalue weighted by Crippen LogP contribution is 2.20. The minimum Gasteiger partial charge on any atom is -0.345 e. The van der Waals surface area contributed by atoms with E-state index in [0.29, 0.717) is 22.3 Å². The highest BCUT2D eigenvalue weighted by atomic mass is 32.2. The van der Waals surface area contributed by atoms with Gasteiger partial charge in [-0.05, 0) is 36.8 Å². The number of carbonyl (C=O) groups excluding carboxylic acids is 2. The van der Waals surface area contributed by atoms with Crippen LogP contribution in [-0.4, -0.2) is 36.0 Å². The Morgan fingerprint density at radius 2 is 1.60 bits per heavy atom. The Bertz CT molecular complexity index is 1480. The van der Waals surface area contributed by atoms with E-state index in [1.165, 1.54) is 0 Å². The lowest BCUT2D eigenvalue weighted by Crippen LogP contribution is -2.28. The molecule has 4 rings (SSSR count). The summed E-state index contributed by atoms with van der Waals surface area (Å²) in [6.07, 6.45) is 1.13. The Morgan fingerprint density at radius 1 is 0.943 bits per heavy atom. The number of benzene rings is 3. The van der Waals surface area contributed by atoms with Crippen LogP contribution < -0.4 is 10.6 Å². The van der Waals surface area contributed by atoms with E-state index in [1.54, 1.807) is 53.1 Å². The van der Waals surface area contributed by atoms with Crippen LogP contribution in [0.25, 0.3) is 11.0 Å². The Labute approximate surface area is 203 Å². The van der Waals surface area contributed by atoms with E-state index < -0.39 is 15.7 Å². The van der Waals surface area contributed by atoms with Gasteiger partial charge in [-0.15, -0.1) is 0 Å². The van der Waals surface area contributed by atoms with Gasteiger partial charge in [0, 0.05) is 6.26 Å². The van der Waals surface area contributed by atoms with Crippen molar-refractivity contribution >= 4 is 38.4 Å². The molecule has 0 saturated carbocycles. The largest absolute Gasteiger partial charge is 0.345 e. The zero-order valence-corrected chi connectivity index (χ0v) is 20.2. The van der Waals surface area contributed by atoms with Crippen molar-refractivity contribution in [3.63, 3.8) is 0 Å². The van der Waals surface area contributed by atoms with Crippen molar-refractivity contribution < 1.29 is 18.0 Å². The van der Waals surface area contributed by atoms with Crippen LogP contribution in [0.15, 0.2) is 78.9 Å². The van der Waals surface area contributed by atoms with Gasteiger partial charge in [0.15, 0.2) is 9.84 Å². The lowest BCUT2D eigenvalue weighted by atomic mass is 10.1. The van der Waals surface area contributed by atoms with Crippen molar-refractivity contribution in [1.82, 2.24) is 14.9 Å². The molecular formula is C26H26N4O4S. The van der Waals surface area contributed by atoms with Gasteiger partial charge in [0.05, 0.1) is 28.3 Å². The first-order chi connectivity index (χ1) is 16.7. The second-order valence-corrected chi connectivity index (χ2v) is 10.5. The van der Waals surface area contributed by atoms with Gasteiger partial charge in [-0.1, -0.05) is 54.6 Å². The molecule has 9 heteroatoms. The molecule has 0 radical (unpaired) electrons. The zero-order valence-electron chi connectivity index (χ0n) is 19.4. The molecule has 0 aliphatic carbocycles. The minimum absolute atomic E-state index is 0.151. The average molecular weight is 491 g/mol. The molecule has 180 valence electrons. The van der Waals surface area contributed by atoms with Crippen molar-refractivity contribution in [3.8, 4) is 0 Å². The van der Waals surface area contributed by atoms with Gasteiger partial charge in [0.1, 0.15) is 18.1 Å². The highest BCUT2D eigenvalue weighted by molar-refractivity contribution is 7.89. The number of sulfone groups is 1. The van der Waals surface area contributed by atoms with Gasteiger partial charge in [0.25, 0.3) is 5.91 Å². The topological polar surface area (TPSA) is 110 Å². The summed E-state index contributed by atoms with van der Waals surface area (Å²) >= 11 is 0. The molecule has 2 amide bonds. The highest BCUT2D eigenvalue weighted by Gasteiger charge is 2.19. The molecule has 0 spiro atoms. The van der Waals surface area contributed by atoms with Gasteiger partial charge in [-0.2, -0.15) is 0 Å². The molecule has 0 unspecified atom stereocenters. The van der Waals surface area contributed by atoms with Crippen molar-refractivity contribution in [1.29, 1.82) is 0 Å². The average Bonchev–Trinajstić information content (AvgIpc) is 3.15. The number of anilines is 1. The number of imidazole rings is 1. The van der Waals surface area contributed by atoms with Crippen molar-refractivity contribution in [2.45, 2.75) is 25.3 Å². The van der Waals surface area contributed by atoms with Crippen LogP contribution in [0.2, 0.25) is 0 Å². The fraction of sp³-hybridized carbons (Fsp3) is 0.192. The maximum atomic E-state index is 13.0. The van der Waals surface area contributed by atoms with Crippen LogP contribution in [0.5, 0.6) is 0 Å². The number of fused-ring (bicyclic) bond motifs is 1. The normalized spacial score (nSPS) is 12.3. The maximum Gasteiger partial charge on any atom is 0.253 e. The number of carbonyl (C=O) groups is 2. The van der Waals surface area contributed by atoms with Crippen molar-refractivity contribution in [3.05, 3.63) is 95.8 Å². The van der Waals surface area contributed by atoms with Crippen LogP contribution in [0.4, 0.5) is 5.69 Å². The van der Waals surface area contributed by atoms with E-state index in [-0.39, 0.29) is 30.1 Å². The molecule has 8 nitrogen and oxygen atoms in total. The molecule has 35 heavy (non-hydrogen) atoms. The Kier molecular flexibility index (Phi) is 6.97. The standard InChI is InChI=1S/C26H26N4O4S/c1-18(19-10-4-3-5-11-19)27-26(32)20-12-6-7-13-21(20)29-25(31)16-30-23-15-9-8-14-22(23)28-24(30)17-35(2,33)34/h3-15,18H,16-17H2,1-2H3,(H,27,32)(H,29,31)/t18-/m0/s1. The van der Waals surface area contributed by atoms with E-state index in [0.717, 1.165) is 11.8 Å². The summed E-state index contributed by atoms with van der Waals surface area (Å²) in [4.78, 5) is 30.4. The molecule has 1 aromatic heterocycles. The first kappa shape index (κ1) is 24.2. The molecule has 0 bridgehead atoms. The molecule has 4 aromatic rings.